The summed E-state index contributed by atoms with van der Waals surface area (Å²) >= 11 is 0. The van der Waals surface area contributed by atoms with Gasteiger partial charge in [0.2, 0.25) is 5.66 Å². The Morgan fingerprint density at radius 1 is 1.00 bits per heavy atom. The highest BCUT2D eigenvalue weighted by Crippen LogP contribution is 2.63. The van der Waals surface area contributed by atoms with E-state index in [2.05, 4.69) is 5.32 Å². The number of rotatable bonds is 2. The zero-order chi connectivity index (χ0) is 11.0. The SMILES string of the molecule is O[P+](O)(O)C1CC=CNC1[P+](O)(O)O. The minimum absolute atomic E-state index is 0.0539. The summed E-state index contributed by atoms with van der Waals surface area (Å²) in [5, 5.41) is 2.38. The highest BCUT2D eigenvalue weighted by molar-refractivity contribution is 7.63. The molecule has 0 radical (unpaired) electrons. The van der Waals surface area contributed by atoms with Crippen molar-refractivity contribution in [2.45, 2.75) is 17.9 Å². The van der Waals surface area contributed by atoms with E-state index in [0.717, 1.165) is 0 Å². The zero-order valence-electron chi connectivity index (χ0n) is 7.09. The van der Waals surface area contributed by atoms with Crippen molar-refractivity contribution in [2.75, 3.05) is 0 Å². The van der Waals surface area contributed by atoms with Gasteiger partial charge >= 0.3 is 15.9 Å². The fourth-order valence-corrected chi connectivity index (χ4v) is 4.09. The molecule has 0 spiro atoms. The summed E-state index contributed by atoms with van der Waals surface area (Å²) in [6, 6.07) is 0. The van der Waals surface area contributed by atoms with Gasteiger partial charge in [0.05, 0.1) is 0 Å². The van der Waals surface area contributed by atoms with Gasteiger partial charge in [-0.1, -0.05) is 6.08 Å². The zero-order valence-corrected chi connectivity index (χ0v) is 8.88. The van der Waals surface area contributed by atoms with Crippen LogP contribution < -0.4 is 5.32 Å². The lowest BCUT2D eigenvalue weighted by Crippen LogP contribution is -2.42. The van der Waals surface area contributed by atoms with Crippen molar-refractivity contribution < 1.29 is 29.4 Å². The Balaban J connectivity index is 2.87. The molecule has 0 amide bonds. The fourth-order valence-electron chi connectivity index (χ4n) is 1.28. The Labute approximate surface area is 81.5 Å². The summed E-state index contributed by atoms with van der Waals surface area (Å²) in [6.45, 7) is 0. The molecule has 0 bridgehead atoms. The molecule has 0 aromatic heterocycles. The van der Waals surface area contributed by atoms with E-state index in [1.54, 1.807) is 0 Å². The van der Waals surface area contributed by atoms with Gasteiger partial charge in [0.15, 0.2) is 0 Å². The van der Waals surface area contributed by atoms with E-state index in [0.29, 0.717) is 0 Å². The molecule has 0 aromatic carbocycles. The first kappa shape index (κ1) is 12.2. The molecule has 7 N–H and O–H groups in total. The summed E-state index contributed by atoms with van der Waals surface area (Å²) < 4.78 is 0. The molecule has 0 saturated heterocycles. The Kier molecular flexibility index (Phi) is 3.46. The maximum Gasteiger partial charge on any atom is 0.432 e. The van der Waals surface area contributed by atoms with Crippen molar-refractivity contribution >= 4 is 15.9 Å². The van der Waals surface area contributed by atoms with Crippen LogP contribution in [0.25, 0.3) is 0 Å². The second kappa shape index (κ2) is 3.96. The van der Waals surface area contributed by atoms with Crippen LogP contribution >= 0.6 is 15.9 Å². The molecular weight excluding hydrogens is 232 g/mol. The van der Waals surface area contributed by atoms with Crippen LogP contribution in [0.1, 0.15) is 6.42 Å². The van der Waals surface area contributed by atoms with Crippen molar-refractivity contribution in [1.82, 2.24) is 5.32 Å². The van der Waals surface area contributed by atoms with Crippen LogP contribution in [0, 0.1) is 0 Å². The van der Waals surface area contributed by atoms with Crippen molar-refractivity contribution in [1.29, 1.82) is 0 Å². The van der Waals surface area contributed by atoms with Crippen LogP contribution in [0.5, 0.6) is 0 Å². The molecule has 1 rings (SSSR count). The Hall–Kier alpha value is 0.160. The summed E-state index contributed by atoms with van der Waals surface area (Å²) in [5.74, 6) is -1.33. The highest BCUT2D eigenvalue weighted by Gasteiger charge is 2.60. The van der Waals surface area contributed by atoms with Crippen molar-refractivity contribution in [3.63, 3.8) is 0 Å². The summed E-state index contributed by atoms with van der Waals surface area (Å²) in [7, 11) is -8.47. The average Bonchev–Trinajstić information content (AvgIpc) is 2.01. The minimum Gasteiger partial charge on any atom is -0.347 e. The maximum atomic E-state index is 9.01. The smallest absolute Gasteiger partial charge is 0.347 e. The monoisotopic (exact) mass is 245 g/mol. The van der Waals surface area contributed by atoms with Gasteiger partial charge in [-0.05, 0) is 6.20 Å². The fraction of sp³-hybridized carbons (Fsp3) is 0.600. The lowest BCUT2D eigenvalue weighted by atomic mass is 10.2. The average molecular weight is 245 g/mol. The molecule has 7 nitrogen and oxygen atoms in total. The Morgan fingerprint density at radius 2 is 1.57 bits per heavy atom. The van der Waals surface area contributed by atoms with Crippen molar-refractivity contribution in [2.24, 2.45) is 0 Å². The largest absolute Gasteiger partial charge is 0.432 e. The van der Waals surface area contributed by atoms with Gasteiger partial charge in [-0.25, -0.2) is 0 Å². The summed E-state index contributed by atoms with van der Waals surface area (Å²) in [5.41, 5.74) is -1.19. The third kappa shape index (κ3) is 2.82. The number of allylic oxidation sites excluding steroid dienone is 1. The van der Waals surface area contributed by atoms with E-state index in [9.17, 15) is 0 Å². The van der Waals surface area contributed by atoms with E-state index in [-0.39, 0.29) is 6.42 Å². The van der Waals surface area contributed by atoms with E-state index >= 15 is 0 Å². The molecule has 0 aromatic rings. The third-order valence-electron chi connectivity index (χ3n) is 1.95. The number of hydrogen-bond donors (Lipinski definition) is 7. The summed E-state index contributed by atoms with van der Waals surface area (Å²) in [6.07, 6.45) is 2.90. The molecule has 14 heavy (non-hydrogen) atoms. The molecule has 0 saturated carbocycles. The van der Waals surface area contributed by atoms with E-state index in [1.165, 1.54) is 12.3 Å². The Morgan fingerprint density at radius 3 is 1.93 bits per heavy atom. The first-order chi connectivity index (χ1) is 6.23. The predicted octanol–water partition coefficient (Wildman–Crippen LogP) is -1.33. The lowest BCUT2D eigenvalue weighted by molar-refractivity contribution is 0.275. The predicted molar refractivity (Wildman–Crippen MR) is 51.6 cm³/mol. The van der Waals surface area contributed by atoms with Crippen LogP contribution in [0.2, 0.25) is 0 Å². The molecule has 0 aliphatic carbocycles. The van der Waals surface area contributed by atoms with Gasteiger partial charge < -0.3 is 5.32 Å². The normalized spacial score (nSPS) is 28.7. The quantitative estimate of drug-likeness (QED) is 0.299. The van der Waals surface area contributed by atoms with Gasteiger partial charge in [0.25, 0.3) is 5.78 Å². The standard InChI is InChI=1S/C5H13NO6P2/c7-13(8,9)4-2-1-3-6-5(4)14(10,11)12/h1,3-12H,2H2/q+2. The van der Waals surface area contributed by atoms with Gasteiger partial charge in [0, 0.05) is 6.42 Å². The molecule has 1 aliphatic rings. The second-order valence-electron chi connectivity index (χ2n) is 3.05. The molecule has 2 unspecified atom stereocenters. The maximum absolute atomic E-state index is 9.01. The van der Waals surface area contributed by atoms with Gasteiger partial charge in [-0.2, -0.15) is 29.4 Å². The second-order valence-corrected chi connectivity index (χ2v) is 6.72. The number of nitrogens with one attached hydrogen (secondary N) is 1. The molecule has 1 heterocycles. The van der Waals surface area contributed by atoms with Crippen LogP contribution in [0.15, 0.2) is 12.3 Å². The van der Waals surface area contributed by atoms with Gasteiger partial charge in [-0.3, -0.25) is 0 Å². The molecular formula is C5H13NO6P2+2. The third-order valence-corrected chi connectivity index (χ3v) is 4.83. The Bertz CT molecular complexity index is 209. The van der Waals surface area contributed by atoms with E-state index in [1.807, 2.05) is 0 Å². The van der Waals surface area contributed by atoms with Crippen LogP contribution in [-0.2, 0) is 0 Å². The van der Waals surface area contributed by atoms with Gasteiger partial charge in [0.1, 0.15) is 0 Å². The van der Waals surface area contributed by atoms with Gasteiger partial charge in [-0.15, -0.1) is 0 Å². The van der Waals surface area contributed by atoms with E-state index < -0.39 is 27.3 Å². The first-order valence-corrected chi connectivity index (χ1v) is 7.21. The van der Waals surface area contributed by atoms with Crippen LogP contribution in [0.3, 0.4) is 0 Å². The lowest BCUT2D eigenvalue weighted by Gasteiger charge is -2.26. The molecule has 2 atom stereocenters. The highest BCUT2D eigenvalue weighted by atomic mass is 31.2. The number of hydrogen-bond acceptors (Lipinski definition) is 7. The van der Waals surface area contributed by atoms with Crippen LogP contribution in [0.4, 0.5) is 0 Å². The van der Waals surface area contributed by atoms with Crippen LogP contribution in [-0.4, -0.2) is 40.8 Å². The van der Waals surface area contributed by atoms with Crippen molar-refractivity contribution in [3.8, 4) is 0 Å². The van der Waals surface area contributed by atoms with Crippen molar-refractivity contribution in [3.05, 3.63) is 12.3 Å². The first-order valence-electron chi connectivity index (χ1n) is 3.78. The minimum atomic E-state index is -4.26. The summed E-state index contributed by atoms with van der Waals surface area (Å²) in [4.78, 5) is 54.0. The molecule has 9 heteroatoms. The van der Waals surface area contributed by atoms with E-state index in [4.69, 9.17) is 29.4 Å². The molecule has 1 aliphatic heterocycles. The topological polar surface area (TPSA) is 133 Å². The molecule has 82 valence electrons. The molecule has 0 fully saturated rings.